The zero-order valence-corrected chi connectivity index (χ0v) is 20.6. The minimum absolute atomic E-state index is 0.0845. The number of aromatic nitrogens is 1. The molecule has 0 radical (unpaired) electrons. The van der Waals surface area contributed by atoms with Gasteiger partial charge in [-0.3, -0.25) is 9.69 Å². The molecular weight excluding hydrogens is 448 g/mol. The normalized spacial score (nSPS) is 16.7. The Morgan fingerprint density at radius 3 is 2.47 bits per heavy atom. The largest absolute Gasteiger partial charge is 0.352 e. The first-order valence-electron chi connectivity index (χ1n) is 12.1. The van der Waals surface area contributed by atoms with Crippen LogP contribution in [0.2, 0.25) is 0 Å². The maximum Gasteiger partial charge on any atom is 0.326 e. The molecule has 8 nitrogen and oxygen atoms in total. The van der Waals surface area contributed by atoms with Gasteiger partial charge in [0.2, 0.25) is 0 Å². The van der Waals surface area contributed by atoms with Crippen molar-refractivity contribution < 1.29 is 9.59 Å². The highest BCUT2D eigenvalue weighted by Gasteiger charge is 2.23. The predicted octanol–water partition coefficient (Wildman–Crippen LogP) is 3.37. The Balaban J connectivity index is 1.19. The first kappa shape index (κ1) is 24.5. The summed E-state index contributed by atoms with van der Waals surface area (Å²) in [6, 6.07) is 10.6. The van der Waals surface area contributed by atoms with Crippen molar-refractivity contribution in [2.75, 3.05) is 68.3 Å². The minimum atomic E-state index is -0.192. The van der Waals surface area contributed by atoms with E-state index in [0.717, 1.165) is 55.6 Å². The van der Waals surface area contributed by atoms with Crippen molar-refractivity contribution in [2.24, 2.45) is 0 Å². The second kappa shape index (κ2) is 12.2. The number of fused-ring (bicyclic) bond motifs is 1. The van der Waals surface area contributed by atoms with Crippen LogP contribution in [0.1, 0.15) is 30.1 Å². The van der Waals surface area contributed by atoms with E-state index in [4.69, 9.17) is 0 Å². The Kier molecular flexibility index (Phi) is 8.79. The van der Waals surface area contributed by atoms with Crippen LogP contribution in [-0.4, -0.2) is 84.8 Å². The lowest BCUT2D eigenvalue weighted by atomic mass is 10.2. The van der Waals surface area contributed by atoms with Crippen LogP contribution >= 0.6 is 11.8 Å². The van der Waals surface area contributed by atoms with Crippen LogP contribution in [0.3, 0.4) is 0 Å². The lowest BCUT2D eigenvalue weighted by molar-refractivity contribution is 0.0948. The van der Waals surface area contributed by atoms with Crippen LogP contribution in [-0.2, 0) is 0 Å². The van der Waals surface area contributed by atoms with E-state index >= 15 is 0 Å². The number of nitrogens with zero attached hydrogens (tertiary/aromatic N) is 4. The molecule has 3 heterocycles. The molecule has 4 rings (SSSR count). The number of amides is 3. The highest BCUT2D eigenvalue weighted by molar-refractivity contribution is 7.99. The van der Waals surface area contributed by atoms with Gasteiger partial charge in [0.15, 0.2) is 0 Å². The molecule has 0 unspecified atom stereocenters. The molecule has 0 saturated carbocycles. The number of piperazine rings is 1. The second-order valence-electron chi connectivity index (χ2n) is 8.63. The molecular formula is C25H34N6O2S. The van der Waals surface area contributed by atoms with Gasteiger partial charge < -0.3 is 20.4 Å². The van der Waals surface area contributed by atoms with E-state index in [9.17, 15) is 9.59 Å². The summed E-state index contributed by atoms with van der Waals surface area (Å²) in [5.41, 5.74) is 2.08. The summed E-state index contributed by atoms with van der Waals surface area (Å²) < 4.78 is 0. The van der Waals surface area contributed by atoms with Crippen molar-refractivity contribution in [1.82, 2.24) is 20.1 Å². The number of thioether (sulfide) groups is 1. The fourth-order valence-corrected chi connectivity index (χ4v) is 5.25. The van der Waals surface area contributed by atoms with Crippen LogP contribution in [0.25, 0.3) is 0 Å². The molecule has 1 saturated heterocycles. The van der Waals surface area contributed by atoms with Crippen LogP contribution in [0, 0.1) is 0 Å². The van der Waals surface area contributed by atoms with E-state index in [-0.39, 0.29) is 11.9 Å². The number of carbonyl (C=O) groups is 2. The number of nitrogens with one attached hydrogen (secondary N) is 2. The maximum absolute atomic E-state index is 12.8. The van der Waals surface area contributed by atoms with Gasteiger partial charge in [-0.15, -0.1) is 11.8 Å². The summed E-state index contributed by atoms with van der Waals surface area (Å²) in [7, 11) is 0. The van der Waals surface area contributed by atoms with Crippen LogP contribution in [0.4, 0.5) is 16.2 Å². The van der Waals surface area contributed by atoms with Crippen molar-refractivity contribution in [3.05, 3.63) is 48.2 Å². The van der Waals surface area contributed by atoms with Crippen molar-refractivity contribution in [3.63, 3.8) is 0 Å². The topological polar surface area (TPSA) is 80.8 Å². The van der Waals surface area contributed by atoms with Gasteiger partial charge in [0.25, 0.3) is 5.91 Å². The smallest absolute Gasteiger partial charge is 0.326 e. The number of urea groups is 1. The SMILES string of the molecule is CCCN1CCN(CCCNC(=O)c2ccc(NC(=O)N3CCSc4ncccc43)cc2)CC1. The monoisotopic (exact) mass is 482 g/mol. The van der Waals surface area contributed by atoms with E-state index in [1.165, 1.54) is 13.0 Å². The third-order valence-electron chi connectivity index (χ3n) is 6.18. The van der Waals surface area contributed by atoms with E-state index < -0.39 is 0 Å². The lowest BCUT2D eigenvalue weighted by Gasteiger charge is -2.34. The maximum atomic E-state index is 12.8. The predicted molar refractivity (Wildman–Crippen MR) is 138 cm³/mol. The average molecular weight is 483 g/mol. The molecule has 2 aliphatic rings. The third-order valence-corrected chi connectivity index (χ3v) is 7.16. The molecule has 1 aromatic carbocycles. The zero-order valence-electron chi connectivity index (χ0n) is 19.8. The summed E-state index contributed by atoms with van der Waals surface area (Å²) in [4.78, 5) is 36.3. The Labute approximate surface area is 206 Å². The average Bonchev–Trinajstić information content (AvgIpc) is 2.87. The van der Waals surface area contributed by atoms with Gasteiger partial charge >= 0.3 is 6.03 Å². The van der Waals surface area contributed by atoms with E-state index in [2.05, 4.69) is 32.3 Å². The number of carbonyl (C=O) groups excluding carboxylic acids is 2. The fraction of sp³-hybridized carbons (Fsp3) is 0.480. The lowest BCUT2D eigenvalue weighted by Crippen LogP contribution is -2.47. The number of rotatable bonds is 8. The van der Waals surface area contributed by atoms with E-state index in [1.54, 1.807) is 47.1 Å². The summed E-state index contributed by atoms with van der Waals surface area (Å²) >= 11 is 1.66. The third kappa shape index (κ3) is 6.49. The standard InChI is InChI=1S/C25H34N6O2S/c1-2-12-29-14-16-30(17-15-29)13-4-11-26-23(32)20-6-8-21(9-7-20)28-25(33)31-18-19-34-24-22(31)5-3-10-27-24/h3,5-10H,2,4,11-19H2,1H3,(H,26,32)(H,28,33). The zero-order chi connectivity index (χ0) is 23.8. The molecule has 3 amide bonds. The number of hydrogen-bond acceptors (Lipinski definition) is 6. The summed E-state index contributed by atoms with van der Waals surface area (Å²) in [5.74, 6) is 0.727. The van der Waals surface area contributed by atoms with E-state index in [0.29, 0.717) is 24.3 Å². The molecule has 182 valence electrons. The quantitative estimate of drug-likeness (QED) is 0.562. The molecule has 1 aromatic heterocycles. The molecule has 2 N–H and O–H groups in total. The Hall–Kier alpha value is -2.62. The molecule has 0 spiro atoms. The van der Waals surface area contributed by atoms with Gasteiger partial charge in [-0.2, -0.15) is 0 Å². The summed E-state index contributed by atoms with van der Waals surface area (Å²) in [5, 5.41) is 6.81. The summed E-state index contributed by atoms with van der Waals surface area (Å²) in [6.45, 7) is 10.2. The highest BCUT2D eigenvalue weighted by atomic mass is 32.2. The number of hydrogen-bond donors (Lipinski definition) is 2. The van der Waals surface area contributed by atoms with Crippen molar-refractivity contribution in [1.29, 1.82) is 0 Å². The number of pyridine rings is 1. The first-order valence-corrected chi connectivity index (χ1v) is 13.1. The Bertz CT molecular complexity index is 962. The summed E-state index contributed by atoms with van der Waals surface area (Å²) in [6.07, 6.45) is 3.90. The van der Waals surface area contributed by atoms with Crippen molar-refractivity contribution in [2.45, 2.75) is 24.8 Å². The van der Waals surface area contributed by atoms with Gasteiger partial charge in [-0.25, -0.2) is 9.78 Å². The van der Waals surface area contributed by atoms with Gasteiger partial charge in [0, 0.05) is 62.5 Å². The molecule has 0 atom stereocenters. The highest BCUT2D eigenvalue weighted by Crippen LogP contribution is 2.32. The number of anilines is 2. The fourth-order valence-electron chi connectivity index (χ4n) is 4.32. The Morgan fingerprint density at radius 2 is 1.74 bits per heavy atom. The van der Waals surface area contributed by atoms with Gasteiger partial charge in [0.05, 0.1) is 5.69 Å². The van der Waals surface area contributed by atoms with Crippen molar-refractivity contribution in [3.8, 4) is 0 Å². The number of benzene rings is 1. The molecule has 9 heteroatoms. The first-order chi connectivity index (χ1) is 16.6. The van der Waals surface area contributed by atoms with Crippen LogP contribution in [0.15, 0.2) is 47.6 Å². The molecule has 0 aliphatic carbocycles. The molecule has 2 aromatic rings. The minimum Gasteiger partial charge on any atom is -0.352 e. The van der Waals surface area contributed by atoms with Gasteiger partial charge in [0.1, 0.15) is 5.03 Å². The molecule has 34 heavy (non-hydrogen) atoms. The Morgan fingerprint density at radius 1 is 1.00 bits per heavy atom. The molecule has 2 aliphatic heterocycles. The van der Waals surface area contributed by atoms with Crippen molar-refractivity contribution >= 4 is 35.1 Å². The molecule has 1 fully saturated rings. The van der Waals surface area contributed by atoms with Crippen LogP contribution < -0.4 is 15.5 Å². The second-order valence-corrected chi connectivity index (χ2v) is 9.71. The van der Waals surface area contributed by atoms with Crippen LogP contribution in [0.5, 0.6) is 0 Å². The molecule has 0 bridgehead atoms. The van der Waals surface area contributed by atoms with Gasteiger partial charge in [-0.1, -0.05) is 6.92 Å². The van der Waals surface area contributed by atoms with E-state index in [1.807, 2.05) is 12.1 Å². The van der Waals surface area contributed by atoms with Gasteiger partial charge in [-0.05, 0) is 62.3 Å².